The van der Waals surface area contributed by atoms with E-state index in [9.17, 15) is 4.79 Å². The van der Waals surface area contributed by atoms with Crippen LogP contribution in [0.1, 0.15) is 23.0 Å². The van der Waals surface area contributed by atoms with E-state index in [0.717, 1.165) is 44.3 Å². The van der Waals surface area contributed by atoms with Crippen molar-refractivity contribution < 1.29 is 4.79 Å². The van der Waals surface area contributed by atoms with E-state index in [2.05, 4.69) is 28.8 Å². The Morgan fingerprint density at radius 3 is 2.65 bits per heavy atom. The van der Waals surface area contributed by atoms with Crippen molar-refractivity contribution in [2.75, 3.05) is 57.5 Å². The number of carbonyl (C=O) groups is 1. The molecule has 0 spiro atoms. The van der Waals surface area contributed by atoms with E-state index in [1.807, 2.05) is 0 Å². The van der Waals surface area contributed by atoms with Crippen LogP contribution in [0.4, 0.5) is 10.9 Å². The zero-order valence-corrected chi connectivity index (χ0v) is 13.2. The molecule has 0 atom stereocenters. The number of piperazine rings is 1. The molecule has 0 aliphatic carbocycles. The van der Waals surface area contributed by atoms with Crippen molar-refractivity contribution in [2.45, 2.75) is 13.3 Å². The van der Waals surface area contributed by atoms with E-state index >= 15 is 0 Å². The number of hydrogen-bond acceptors (Lipinski definition) is 6. The fourth-order valence-electron chi connectivity index (χ4n) is 2.22. The van der Waals surface area contributed by atoms with Gasteiger partial charge in [-0.2, -0.15) is 0 Å². The lowest BCUT2D eigenvalue weighted by Crippen LogP contribution is -2.44. The maximum Gasteiger partial charge on any atom is 0.267 e. The van der Waals surface area contributed by atoms with Crippen molar-refractivity contribution >= 4 is 28.2 Å². The molecule has 2 heterocycles. The molecule has 1 amide bonds. The summed E-state index contributed by atoms with van der Waals surface area (Å²) in [5.41, 5.74) is 5.92. The predicted octanol–water partition coefficient (Wildman–Crippen LogP) is 0.959. The van der Waals surface area contributed by atoms with E-state index in [4.69, 9.17) is 5.73 Å². The van der Waals surface area contributed by atoms with Crippen LogP contribution in [0, 0.1) is 0 Å². The van der Waals surface area contributed by atoms with Crippen molar-refractivity contribution in [1.82, 2.24) is 14.8 Å². The summed E-state index contributed by atoms with van der Waals surface area (Å²) in [7, 11) is 3.92. The van der Waals surface area contributed by atoms with Crippen LogP contribution < -0.4 is 10.6 Å². The fourth-order valence-corrected chi connectivity index (χ4v) is 3.25. The quantitative estimate of drug-likeness (QED) is 0.896. The number of nitrogens with two attached hydrogens (primary N) is 1. The molecule has 6 nitrogen and oxygen atoms in total. The van der Waals surface area contributed by atoms with Crippen LogP contribution >= 0.6 is 11.3 Å². The van der Waals surface area contributed by atoms with Gasteiger partial charge in [0, 0.05) is 39.8 Å². The molecule has 1 aromatic rings. The number of hydrogen-bond donors (Lipinski definition) is 1. The van der Waals surface area contributed by atoms with Crippen LogP contribution in [0.15, 0.2) is 0 Å². The molecule has 0 radical (unpaired) electrons. The molecule has 7 heteroatoms. The lowest BCUT2D eigenvalue weighted by atomic mass is 10.3. The summed E-state index contributed by atoms with van der Waals surface area (Å²) in [6.07, 6.45) is 0.937. The number of carbonyl (C=O) groups excluding carboxylic acids is 1. The van der Waals surface area contributed by atoms with Gasteiger partial charge in [-0.05, 0) is 13.5 Å². The number of likely N-dealkylation sites (N-methyl/N-ethyl adjacent to an activating group) is 1. The smallest absolute Gasteiger partial charge is 0.267 e. The Kier molecular flexibility index (Phi) is 4.82. The van der Waals surface area contributed by atoms with Gasteiger partial charge >= 0.3 is 0 Å². The summed E-state index contributed by atoms with van der Waals surface area (Å²) in [4.78, 5) is 23.4. The molecular weight excluding hydrogens is 274 g/mol. The van der Waals surface area contributed by atoms with Crippen molar-refractivity contribution in [3.63, 3.8) is 0 Å². The lowest BCUT2D eigenvalue weighted by Gasteiger charge is -2.32. The van der Waals surface area contributed by atoms with Gasteiger partial charge in [-0.25, -0.2) is 4.98 Å². The van der Waals surface area contributed by atoms with E-state index in [0.29, 0.717) is 10.7 Å². The summed E-state index contributed by atoms with van der Waals surface area (Å²) in [6.45, 7) is 6.68. The van der Waals surface area contributed by atoms with Crippen LogP contribution in [-0.4, -0.2) is 67.5 Å². The predicted molar refractivity (Wildman–Crippen MR) is 83.5 cm³/mol. The van der Waals surface area contributed by atoms with Crippen LogP contribution in [-0.2, 0) is 0 Å². The van der Waals surface area contributed by atoms with Crippen LogP contribution in [0.25, 0.3) is 0 Å². The molecule has 1 saturated heterocycles. The van der Waals surface area contributed by atoms with Gasteiger partial charge < -0.3 is 20.4 Å². The molecule has 1 aliphatic rings. The first-order chi connectivity index (χ1) is 9.52. The van der Waals surface area contributed by atoms with Crippen molar-refractivity contribution in [2.24, 2.45) is 0 Å². The number of thiazole rings is 1. The minimum atomic E-state index is -0.0257. The van der Waals surface area contributed by atoms with Crippen LogP contribution in [0.5, 0.6) is 0 Å². The molecule has 2 N–H and O–H groups in total. The van der Waals surface area contributed by atoms with E-state index in [-0.39, 0.29) is 5.91 Å². The molecule has 20 heavy (non-hydrogen) atoms. The highest BCUT2D eigenvalue weighted by atomic mass is 32.1. The molecule has 1 fully saturated rings. The maximum atomic E-state index is 12.3. The Morgan fingerprint density at radius 2 is 2.05 bits per heavy atom. The highest BCUT2D eigenvalue weighted by molar-refractivity contribution is 7.18. The molecule has 0 saturated carbocycles. The van der Waals surface area contributed by atoms with E-state index in [1.54, 1.807) is 11.9 Å². The third-order valence-electron chi connectivity index (χ3n) is 3.52. The minimum absolute atomic E-state index is 0.0257. The van der Waals surface area contributed by atoms with Gasteiger partial charge in [0.2, 0.25) is 0 Å². The summed E-state index contributed by atoms with van der Waals surface area (Å²) in [6, 6.07) is 0. The van der Waals surface area contributed by atoms with Crippen molar-refractivity contribution in [1.29, 1.82) is 0 Å². The molecule has 2 rings (SSSR count). The Labute approximate surface area is 124 Å². The van der Waals surface area contributed by atoms with E-state index in [1.165, 1.54) is 11.3 Å². The highest BCUT2D eigenvalue weighted by Gasteiger charge is 2.23. The average Bonchev–Trinajstić information content (AvgIpc) is 2.81. The lowest BCUT2D eigenvalue weighted by molar-refractivity contribution is 0.0800. The maximum absolute atomic E-state index is 12.3. The van der Waals surface area contributed by atoms with Gasteiger partial charge in [-0.1, -0.05) is 18.3 Å². The Balaban J connectivity index is 2.11. The third-order valence-corrected chi connectivity index (χ3v) is 4.64. The summed E-state index contributed by atoms with van der Waals surface area (Å²) >= 11 is 1.41. The Hall–Kier alpha value is -1.34. The van der Waals surface area contributed by atoms with Gasteiger partial charge in [-0.15, -0.1) is 0 Å². The van der Waals surface area contributed by atoms with Crippen molar-refractivity contribution in [3.8, 4) is 0 Å². The standard InChI is InChI=1S/C13H23N5OS/c1-4-5-17(3)12(19)10-11(14)15-13(20-10)18-8-6-16(2)7-9-18/h4-9,14H2,1-3H3. The average molecular weight is 297 g/mol. The van der Waals surface area contributed by atoms with Crippen LogP contribution in [0.3, 0.4) is 0 Å². The third kappa shape index (κ3) is 3.21. The molecule has 0 aromatic carbocycles. The second-order valence-electron chi connectivity index (χ2n) is 5.23. The zero-order valence-electron chi connectivity index (χ0n) is 12.4. The van der Waals surface area contributed by atoms with Gasteiger partial charge in [0.05, 0.1) is 0 Å². The molecule has 0 bridgehead atoms. The largest absolute Gasteiger partial charge is 0.382 e. The normalized spacial score (nSPS) is 16.4. The molecule has 1 aliphatic heterocycles. The van der Waals surface area contributed by atoms with Gasteiger partial charge in [0.1, 0.15) is 10.7 Å². The number of nitrogen functional groups attached to an aromatic ring is 1. The van der Waals surface area contributed by atoms with E-state index < -0.39 is 0 Å². The second kappa shape index (κ2) is 6.41. The number of amides is 1. The van der Waals surface area contributed by atoms with Gasteiger partial charge in [0.25, 0.3) is 5.91 Å². The Bertz CT molecular complexity index is 467. The second-order valence-corrected chi connectivity index (χ2v) is 6.21. The monoisotopic (exact) mass is 297 g/mol. The minimum Gasteiger partial charge on any atom is -0.382 e. The summed E-state index contributed by atoms with van der Waals surface area (Å²) in [5.74, 6) is 0.333. The summed E-state index contributed by atoms with van der Waals surface area (Å²) in [5, 5.41) is 0.865. The molecular formula is C13H23N5OS. The molecule has 112 valence electrons. The number of rotatable bonds is 4. The first-order valence-electron chi connectivity index (χ1n) is 6.98. The zero-order chi connectivity index (χ0) is 14.7. The topological polar surface area (TPSA) is 65.7 Å². The number of aromatic nitrogens is 1. The first-order valence-corrected chi connectivity index (χ1v) is 7.79. The SMILES string of the molecule is CCCN(C)C(=O)c1sc(N2CCN(C)CC2)nc1N. The van der Waals surface area contributed by atoms with Crippen molar-refractivity contribution in [3.05, 3.63) is 4.88 Å². The van der Waals surface area contributed by atoms with Gasteiger partial charge in [0.15, 0.2) is 5.13 Å². The first kappa shape index (κ1) is 15.1. The Morgan fingerprint density at radius 1 is 1.40 bits per heavy atom. The summed E-state index contributed by atoms with van der Waals surface area (Å²) < 4.78 is 0. The van der Waals surface area contributed by atoms with Crippen LogP contribution in [0.2, 0.25) is 0 Å². The highest BCUT2D eigenvalue weighted by Crippen LogP contribution is 2.29. The van der Waals surface area contributed by atoms with Gasteiger partial charge in [-0.3, -0.25) is 4.79 Å². The number of anilines is 2. The molecule has 1 aromatic heterocycles. The number of nitrogens with zero attached hydrogens (tertiary/aromatic N) is 4. The molecule has 0 unspecified atom stereocenters. The fraction of sp³-hybridized carbons (Fsp3) is 0.692.